The van der Waals surface area contributed by atoms with Crippen LogP contribution in [0.4, 0.5) is 0 Å². The minimum Gasteiger partial charge on any atom is -0.0840 e. The highest BCUT2D eigenvalue weighted by atomic mass is 35.5. The molecule has 0 aliphatic heterocycles. The molecule has 0 amide bonds. The minimum absolute atomic E-state index is 0.318. The molecule has 1 atom stereocenters. The van der Waals surface area contributed by atoms with Gasteiger partial charge in [0.05, 0.1) is 0 Å². The van der Waals surface area contributed by atoms with E-state index in [2.05, 4.69) is 26.8 Å². The average molecular weight is 182 g/mol. The molecule has 0 fully saturated rings. The monoisotopic (exact) mass is 181 g/mol. The van der Waals surface area contributed by atoms with Crippen LogP contribution in [0.5, 0.6) is 0 Å². The van der Waals surface area contributed by atoms with E-state index in [0.29, 0.717) is 5.92 Å². The second-order valence-electron chi connectivity index (χ2n) is 3.06. The molecule has 0 N–H and O–H groups in total. The minimum atomic E-state index is 0.318. The van der Waals surface area contributed by atoms with E-state index in [-0.39, 0.29) is 0 Å². The third-order valence-electron chi connectivity index (χ3n) is 2.04. The van der Waals surface area contributed by atoms with E-state index in [0.717, 1.165) is 11.4 Å². The van der Waals surface area contributed by atoms with Gasteiger partial charge >= 0.3 is 0 Å². The molecule has 12 heavy (non-hydrogen) atoms. The van der Waals surface area contributed by atoms with Gasteiger partial charge in [0.1, 0.15) is 0 Å². The van der Waals surface area contributed by atoms with Gasteiger partial charge in [0.2, 0.25) is 0 Å². The van der Waals surface area contributed by atoms with Gasteiger partial charge in [-0.25, -0.2) is 0 Å². The van der Waals surface area contributed by atoms with Gasteiger partial charge in [-0.1, -0.05) is 37.6 Å². The molecule has 1 aromatic carbocycles. The van der Waals surface area contributed by atoms with Crippen molar-refractivity contribution in [1.82, 2.24) is 0 Å². The van der Waals surface area contributed by atoms with Crippen LogP contribution in [0.25, 0.3) is 0 Å². The van der Waals surface area contributed by atoms with Crippen LogP contribution in [-0.2, 0) is 6.42 Å². The summed E-state index contributed by atoms with van der Waals surface area (Å²) in [5.41, 5.74) is 2.51. The van der Waals surface area contributed by atoms with Gasteiger partial charge in [-0.2, -0.15) is 0 Å². The Kier molecular flexibility index (Phi) is 3.16. The molecule has 1 aromatic rings. The van der Waals surface area contributed by atoms with E-state index in [9.17, 15) is 0 Å². The Hall–Kier alpha value is -0.490. The topological polar surface area (TPSA) is 0 Å². The summed E-state index contributed by atoms with van der Waals surface area (Å²) in [6.07, 6.45) is 0.981. The lowest BCUT2D eigenvalue weighted by Crippen LogP contribution is -1.95. The third-order valence-corrected chi connectivity index (χ3v) is 2.39. The molecule has 0 aliphatic rings. The van der Waals surface area contributed by atoms with E-state index in [4.69, 9.17) is 11.6 Å². The molecule has 0 saturated carbocycles. The Labute approximate surface area is 79.6 Å². The Morgan fingerprint density at radius 2 is 2.17 bits per heavy atom. The summed E-state index contributed by atoms with van der Waals surface area (Å²) in [5, 5.41) is 0.866. The van der Waals surface area contributed by atoms with Crippen LogP contribution < -0.4 is 0 Å². The molecular formula is C11H14Cl. The van der Waals surface area contributed by atoms with Gasteiger partial charge in [-0.3, -0.25) is 0 Å². The molecule has 0 aromatic heterocycles. The van der Waals surface area contributed by atoms with Crippen molar-refractivity contribution in [1.29, 1.82) is 0 Å². The Morgan fingerprint density at radius 1 is 1.50 bits per heavy atom. The number of hydrogen-bond acceptors (Lipinski definition) is 0. The normalized spacial score (nSPS) is 10.8. The SMILES string of the molecule is [CH2]C(C)c1cccc(Cl)c1CC. The van der Waals surface area contributed by atoms with Crippen molar-refractivity contribution < 1.29 is 0 Å². The molecule has 1 rings (SSSR count). The maximum absolute atomic E-state index is 6.05. The van der Waals surface area contributed by atoms with E-state index < -0.39 is 0 Å². The third kappa shape index (κ3) is 1.81. The van der Waals surface area contributed by atoms with Crippen molar-refractivity contribution in [2.45, 2.75) is 26.2 Å². The van der Waals surface area contributed by atoms with E-state index in [1.807, 2.05) is 12.1 Å². The van der Waals surface area contributed by atoms with Gasteiger partial charge < -0.3 is 0 Å². The number of hydrogen-bond donors (Lipinski definition) is 0. The summed E-state index contributed by atoms with van der Waals surface area (Å²) < 4.78 is 0. The van der Waals surface area contributed by atoms with Crippen LogP contribution in [-0.4, -0.2) is 0 Å². The summed E-state index contributed by atoms with van der Waals surface area (Å²) in [6.45, 7) is 8.21. The van der Waals surface area contributed by atoms with Gasteiger partial charge in [0.25, 0.3) is 0 Å². The zero-order valence-electron chi connectivity index (χ0n) is 7.60. The first-order chi connectivity index (χ1) is 5.66. The molecule has 1 unspecified atom stereocenters. The summed E-state index contributed by atoms with van der Waals surface area (Å²) in [7, 11) is 0. The number of halogens is 1. The first-order valence-corrected chi connectivity index (χ1v) is 4.65. The van der Waals surface area contributed by atoms with Crippen LogP contribution in [0.2, 0.25) is 5.02 Å². The lowest BCUT2D eigenvalue weighted by atomic mass is 9.96. The molecule has 0 nitrogen and oxygen atoms in total. The van der Waals surface area contributed by atoms with Crippen LogP contribution >= 0.6 is 11.6 Å². The van der Waals surface area contributed by atoms with Crippen molar-refractivity contribution in [3.63, 3.8) is 0 Å². The van der Waals surface area contributed by atoms with Crippen LogP contribution in [0.1, 0.15) is 30.9 Å². The average Bonchev–Trinajstić information content (AvgIpc) is 2.03. The molecule has 0 heterocycles. The maximum atomic E-state index is 6.05. The highest BCUT2D eigenvalue weighted by Crippen LogP contribution is 2.25. The zero-order valence-corrected chi connectivity index (χ0v) is 8.36. The van der Waals surface area contributed by atoms with Gasteiger partial charge in [-0.05, 0) is 36.5 Å². The fraction of sp³-hybridized carbons (Fsp3) is 0.364. The molecule has 1 heteroatoms. The van der Waals surface area contributed by atoms with Gasteiger partial charge in [-0.15, -0.1) is 0 Å². The van der Waals surface area contributed by atoms with Crippen molar-refractivity contribution in [2.75, 3.05) is 0 Å². The highest BCUT2D eigenvalue weighted by molar-refractivity contribution is 6.31. The standard InChI is InChI=1S/C11H14Cl/c1-4-9-10(8(2)3)6-5-7-11(9)12/h5-8H,2,4H2,1,3H3. The summed E-state index contributed by atoms with van der Waals surface area (Å²) >= 11 is 6.05. The van der Waals surface area contributed by atoms with Crippen molar-refractivity contribution in [2.24, 2.45) is 0 Å². The molecular weight excluding hydrogens is 168 g/mol. The lowest BCUT2D eigenvalue weighted by Gasteiger charge is -2.12. The largest absolute Gasteiger partial charge is 0.0840 e. The maximum Gasteiger partial charge on any atom is 0.0440 e. The highest BCUT2D eigenvalue weighted by Gasteiger charge is 2.07. The summed E-state index contributed by atoms with van der Waals surface area (Å²) in [4.78, 5) is 0. The Bertz CT molecular complexity index is 264. The zero-order chi connectivity index (χ0) is 9.14. The number of benzene rings is 1. The summed E-state index contributed by atoms with van der Waals surface area (Å²) in [5.74, 6) is 0.318. The molecule has 0 bridgehead atoms. The molecule has 65 valence electrons. The van der Waals surface area contributed by atoms with Crippen molar-refractivity contribution in [3.8, 4) is 0 Å². The fourth-order valence-electron chi connectivity index (χ4n) is 1.41. The molecule has 1 radical (unpaired) electrons. The predicted octanol–water partition coefficient (Wildman–Crippen LogP) is 3.84. The first-order valence-electron chi connectivity index (χ1n) is 4.27. The first kappa shape index (κ1) is 9.60. The van der Waals surface area contributed by atoms with Crippen molar-refractivity contribution >= 4 is 11.6 Å². The fourth-order valence-corrected chi connectivity index (χ4v) is 1.73. The summed E-state index contributed by atoms with van der Waals surface area (Å²) in [6, 6.07) is 6.02. The second kappa shape index (κ2) is 3.95. The van der Waals surface area contributed by atoms with Crippen molar-refractivity contribution in [3.05, 3.63) is 41.3 Å². The van der Waals surface area contributed by atoms with E-state index in [1.54, 1.807) is 0 Å². The molecule has 0 aliphatic carbocycles. The lowest BCUT2D eigenvalue weighted by molar-refractivity contribution is 0.926. The number of rotatable bonds is 2. The van der Waals surface area contributed by atoms with Gasteiger partial charge in [0, 0.05) is 5.02 Å². The van der Waals surface area contributed by atoms with Crippen LogP contribution in [0, 0.1) is 6.92 Å². The quantitative estimate of drug-likeness (QED) is 0.651. The molecule has 0 saturated heterocycles. The van der Waals surface area contributed by atoms with Crippen LogP contribution in [0.3, 0.4) is 0 Å². The van der Waals surface area contributed by atoms with Gasteiger partial charge in [0.15, 0.2) is 0 Å². The smallest absolute Gasteiger partial charge is 0.0440 e. The Morgan fingerprint density at radius 3 is 2.58 bits per heavy atom. The predicted molar refractivity (Wildman–Crippen MR) is 54.6 cm³/mol. The molecule has 0 spiro atoms. The van der Waals surface area contributed by atoms with E-state index >= 15 is 0 Å². The second-order valence-corrected chi connectivity index (χ2v) is 3.47. The van der Waals surface area contributed by atoms with E-state index in [1.165, 1.54) is 11.1 Å². The Balaban J connectivity index is 3.18. The van der Waals surface area contributed by atoms with Crippen LogP contribution in [0.15, 0.2) is 18.2 Å².